The van der Waals surface area contributed by atoms with Crippen LogP contribution in [0.1, 0.15) is 6.42 Å². The van der Waals surface area contributed by atoms with Crippen LogP contribution in [0.4, 0.5) is 0 Å². The Morgan fingerprint density at radius 2 is 2.07 bits per heavy atom. The zero-order valence-corrected chi connectivity index (χ0v) is 7.97. The second kappa shape index (κ2) is 2.98. The number of hydrogen-bond acceptors (Lipinski definition) is 2. The lowest BCUT2D eigenvalue weighted by atomic mass is 10.1. The van der Waals surface area contributed by atoms with E-state index in [0.29, 0.717) is 6.42 Å². The van der Waals surface area contributed by atoms with Gasteiger partial charge in [-0.25, -0.2) is 9.98 Å². The standard InChI is InChI=1S/C12H8N2O/c15-12-7-11-9(5-6-13-12)8-3-1-2-4-10(8)14-11/h1-4,6-7H,5H2. The van der Waals surface area contributed by atoms with Crippen LogP contribution in [-0.2, 0) is 4.79 Å². The van der Waals surface area contributed by atoms with Gasteiger partial charge in [0.2, 0.25) is 0 Å². The summed E-state index contributed by atoms with van der Waals surface area (Å²) < 4.78 is 0. The topological polar surface area (TPSA) is 41.8 Å². The van der Waals surface area contributed by atoms with Gasteiger partial charge in [0, 0.05) is 23.9 Å². The number of carbonyl (C=O) groups is 1. The predicted molar refractivity (Wildman–Crippen MR) is 56.8 cm³/mol. The molecule has 0 aliphatic carbocycles. The van der Waals surface area contributed by atoms with Crippen molar-refractivity contribution >= 4 is 17.7 Å². The normalized spacial score (nSPS) is 17.7. The molecule has 0 saturated heterocycles. The third-order valence-electron chi connectivity index (χ3n) is 2.55. The molecular weight excluding hydrogens is 188 g/mol. The fourth-order valence-electron chi connectivity index (χ4n) is 1.88. The molecule has 0 spiro atoms. The van der Waals surface area contributed by atoms with E-state index in [9.17, 15) is 4.79 Å². The number of nitrogens with zero attached hydrogens (tertiary/aromatic N) is 2. The molecular formula is C12H8N2O. The summed E-state index contributed by atoms with van der Waals surface area (Å²) in [6.07, 6.45) is 3.83. The second-order valence-corrected chi connectivity index (χ2v) is 3.49. The van der Waals surface area contributed by atoms with Crippen molar-refractivity contribution in [2.75, 3.05) is 0 Å². The molecule has 0 atom stereocenters. The Balaban J connectivity index is 2.38. The Bertz CT molecular complexity index is 623. The van der Waals surface area contributed by atoms with Gasteiger partial charge in [0.1, 0.15) is 0 Å². The quantitative estimate of drug-likeness (QED) is 0.590. The first-order chi connectivity index (χ1) is 7.34. The first-order valence-corrected chi connectivity index (χ1v) is 4.80. The van der Waals surface area contributed by atoms with Crippen LogP contribution in [-0.4, -0.2) is 12.1 Å². The van der Waals surface area contributed by atoms with E-state index in [1.807, 2.05) is 24.3 Å². The van der Waals surface area contributed by atoms with Gasteiger partial charge < -0.3 is 0 Å². The minimum absolute atomic E-state index is 0.225. The van der Waals surface area contributed by atoms with Crippen LogP contribution in [0.2, 0.25) is 0 Å². The largest absolute Gasteiger partial charge is 0.271 e. The molecule has 3 rings (SSSR count). The molecule has 0 aromatic heterocycles. The minimum atomic E-state index is -0.225. The number of allylic oxidation sites excluding steroid dienone is 1. The van der Waals surface area contributed by atoms with Crippen LogP contribution < -0.4 is 10.6 Å². The third-order valence-corrected chi connectivity index (χ3v) is 2.55. The number of benzene rings is 1. The van der Waals surface area contributed by atoms with Gasteiger partial charge in [-0.15, -0.1) is 0 Å². The van der Waals surface area contributed by atoms with Crippen molar-refractivity contribution < 1.29 is 4.79 Å². The highest BCUT2D eigenvalue weighted by atomic mass is 16.1. The van der Waals surface area contributed by atoms with Crippen LogP contribution in [0.15, 0.2) is 46.0 Å². The second-order valence-electron chi connectivity index (χ2n) is 3.49. The summed E-state index contributed by atoms with van der Waals surface area (Å²) >= 11 is 0. The monoisotopic (exact) mass is 196 g/mol. The van der Waals surface area contributed by atoms with Crippen molar-refractivity contribution in [3.05, 3.63) is 46.6 Å². The summed E-state index contributed by atoms with van der Waals surface area (Å²) in [4.78, 5) is 19.4. The molecule has 1 aromatic rings. The van der Waals surface area contributed by atoms with E-state index in [1.54, 1.807) is 6.21 Å². The molecule has 0 N–H and O–H groups in total. The lowest BCUT2D eigenvalue weighted by Crippen LogP contribution is -2.21. The van der Waals surface area contributed by atoms with Gasteiger partial charge >= 0.3 is 0 Å². The minimum Gasteiger partial charge on any atom is -0.267 e. The van der Waals surface area contributed by atoms with Gasteiger partial charge in [-0.1, -0.05) is 18.2 Å². The highest BCUT2D eigenvalue weighted by Crippen LogP contribution is 2.18. The molecule has 0 unspecified atom stereocenters. The molecule has 2 aliphatic rings. The van der Waals surface area contributed by atoms with Gasteiger partial charge in [-0.05, 0) is 11.6 Å². The number of carbonyl (C=O) groups excluding carboxylic acids is 1. The maximum Gasteiger partial charge on any atom is 0.271 e. The Labute approximate surface area is 86.2 Å². The fraction of sp³-hybridized carbons (Fsp3) is 0.0833. The van der Waals surface area contributed by atoms with E-state index in [4.69, 9.17) is 0 Å². The van der Waals surface area contributed by atoms with E-state index in [1.165, 1.54) is 6.08 Å². The molecule has 0 fully saturated rings. The number of rotatable bonds is 0. The van der Waals surface area contributed by atoms with Crippen molar-refractivity contribution in [2.45, 2.75) is 6.42 Å². The SMILES string of the molecule is O=C1C=C2N=c3ccccc3=C2CC=N1. The lowest BCUT2D eigenvalue weighted by Gasteiger charge is -1.95. The number of amides is 1. The Kier molecular flexibility index (Phi) is 1.65. The maximum atomic E-state index is 11.2. The van der Waals surface area contributed by atoms with Gasteiger partial charge in [-0.3, -0.25) is 4.79 Å². The summed E-state index contributed by atoms with van der Waals surface area (Å²) in [5, 5.41) is 2.06. The molecule has 0 bridgehead atoms. The van der Waals surface area contributed by atoms with Crippen molar-refractivity contribution in [1.29, 1.82) is 0 Å². The highest BCUT2D eigenvalue weighted by molar-refractivity contribution is 6.00. The van der Waals surface area contributed by atoms with Crippen molar-refractivity contribution in [2.24, 2.45) is 9.98 Å². The summed E-state index contributed by atoms with van der Waals surface area (Å²) in [5.74, 6) is -0.225. The Hall–Kier alpha value is -2.03. The lowest BCUT2D eigenvalue weighted by molar-refractivity contribution is -0.113. The van der Waals surface area contributed by atoms with E-state index in [0.717, 1.165) is 21.8 Å². The van der Waals surface area contributed by atoms with Crippen molar-refractivity contribution in [3.8, 4) is 0 Å². The van der Waals surface area contributed by atoms with Crippen LogP contribution in [0, 0.1) is 0 Å². The highest BCUT2D eigenvalue weighted by Gasteiger charge is 2.14. The molecule has 0 radical (unpaired) electrons. The molecule has 3 heteroatoms. The van der Waals surface area contributed by atoms with Gasteiger partial charge in [0.05, 0.1) is 11.1 Å². The molecule has 0 saturated carbocycles. The first kappa shape index (κ1) is 8.29. The molecule has 2 heterocycles. The zero-order chi connectivity index (χ0) is 10.3. The third kappa shape index (κ3) is 1.24. The van der Waals surface area contributed by atoms with Gasteiger partial charge in [-0.2, -0.15) is 0 Å². The zero-order valence-electron chi connectivity index (χ0n) is 7.97. The Morgan fingerprint density at radius 1 is 1.20 bits per heavy atom. The molecule has 1 amide bonds. The van der Waals surface area contributed by atoms with Crippen molar-refractivity contribution in [1.82, 2.24) is 0 Å². The average molecular weight is 196 g/mol. The molecule has 15 heavy (non-hydrogen) atoms. The smallest absolute Gasteiger partial charge is 0.267 e. The predicted octanol–water partition coefficient (Wildman–Crippen LogP) is 0.356. The van der Waals surface area contributed by atoms with Crippen LogP contribution in [0.3, 0.4) is 0 Å². The summed E-state index contributed by atoms with van der Waals surface area (Å²) in [7, 11) is 0. The van der Waals surface area contributed by atoms with Gasteiger partial charge in [0.25, 0.3) is 5.91 Å². The maximum absolute atomic E-state index is 11.2. The molecule has 72 valence electrons. The van der Waals surface area contributed by atoms with E-state index in [-0.39, 0.29) is 5.91 Å². The summed E-state index contributed by atoms with van der Waals surface area (Å²) in [6, 6.07) is 7.91. The fourth-order valence-corrected chi connectivity index (χ4v) is 1.88. The number of para-hydroxylation sites is 1. The number of aliphatic imine (C=N–C) groups is 1. The molecule has 3 nitrogen and oxygen atoms in total. The number of fused-ring (bicyclic) bond motifs is 2. The van der Waals surface area contributed by atoms with E-state index >= 15 is 0 Å². The van der Waals surface area contributed by atoms with Crippen molar-refractivity contribution in [3.63, 3.8) is 0 Å². The molecule has 2 aliphatic heterocycles. The van der Waals surface area contributed by atoms with Gasteiger partial charge in [0.15, 0.2) is 0 Å². The van der Waals surface area contributed by atoms with Crippen LogP contribution in [0.5, 0.6) is 0 Å². The molecule has 1 aromatic carbocycles. The van der Waals surface area contributed by atoms with Crippen LogP contribution >= 0.6 is 0 Å². The van der Waals surface area contributed by atoms with Crippen LogP contribution in [0.25, 0.3) is 5.57 Å². The number of hydrogen-bond donors (Lipinski definition) is 0. The van der Waals surface area contributed by atoms with E-state index in [2.05, 4.69) is 9.98 Å². The average Bonchev–Trinajstić information content (AvgIpc) is 2.46. The first-order valence-electron chi connectivity index (χ1n) is 4.80. The summed E-state index contributed by atoms with van der Waals surface area (Å²) in [5.41, 5.74) is 1.86. The van der Waals surface area contributed by atoms with E-state index < -0.39 is 0 Å². The Morgan fingerprint density at radius 3 is 3.00 bits per heavy atom. The summed E-state index contributed by atoms with van der Waals surface area (Å²) in [6.45, 7) is 0.